The van der Waals surface area contributed by atoms with E-state index in [0.717, 1.165) is 11.3 Å². The second-order valence-corrected chi connectivity index (χ2v) is 3.52. The van der Waals surface area contributed by atoms with E-state index < -0.39 is 0 Å². The highest BCUT2D eigenvalue weighted by molar-refractivity contribution is 5.29. The molecule has 2 rings (SSSR count). The van der Waals surface area contributed by atoms with Crippen LogP contribution < -0.4 is 5.73 Å². The van der Waals surface area contributed by atoms with E-state index in [1.54, 1.807) is 6.20 Å². The van der Waals surface area contributed by atoms with Crippen molar-refractivity contribution in [3.05, 3.63) is 59.7 Å². The second-order valence-electron chi connectivity index (χ2n) is 3.52. The van der Waals surface area contributed by atoms with Crippen LogP contribution in [0.2, 0.25) is 0 Å². The average Bonchev–Trinajstić information content (AvgIpc) is 2.30. The lowest BCUT2D eigenvalue weighted by Crippen LogP contribution is -2.13. The summed E-state index contributed by atoms with van der Waals surface area (Å²) in [6, 6.07) is 9.83. The molecule has 3 nitrogen and oxygen atoms in total. The lowest BCUT2D eigenvalue weighted by molar-refractivity contribution is 0.819. The molecule has 15 heavy (non-hydrogen) atoms. The molecule has 76 valence electrons. The summed E-state index contributed by atoms with van der Waals surface area (Å²) in [6.45, 7) is 2.06. The van der Waals surface area contributed by atoms with Crippen LogP contribution in [-0.4, -0.2) is 9.97 Å². The maximum absolute atomic E-state index is 6.08. The molecule has 0 aliphatic heterocycles. The fraction of sp³-hybridized carbons (Fsp3) is 0.167. The van der Waals surface area contributed by atoms with E-state index in [2.05, 4.69) is 29.0 Å². The van der Waals surface area contributed by atoms with Crippen molar-refractivity contribution in [1.29, 1.82) is 0 Å². The monoisotopic (exact) mass is 199 g/mol. The van der Waals surface area contributed by atoms with E-state index in [4.69, 9.17) is 5.73 Å². The van der Waals surface area contributed by atoms with E-state index in [-0.39, 0.29) is 6.04 Å². The maximum Gasteiger partial charge on any atom is 0.115 e. The first-order valence-corrected chi connectivity index (χ1v) is 4.85. The summed E-state index contributed by atoms with van der Waals surface area (Å²) in [5.41, 5.74) is 9.22. The zero-order valence-corrected chi connectivity index (χ0v) is 8.59. The Bertz CT molecular complexity index is 422. The van der Waals surface area contributed by atoms with Gasteiger partial charge in [-0.2, -0.15) is 0 Å². The van der Waals surface area contributed by atoms with E-state index in [9.17, 15) is 0 Å². The summed E-state index contributed by atoms with van der Waals surface area (Å²) < 4.78 is 0. The third-order valence-corrected chi connectivity index (χ3v) is 2.36. The van der Waals surface area contributed by atoms with Gasteiger partial charge in [0, 0.05) is 6.20 Å². The Balaban J connectivity index is 2.29. The fourth-order valence-corrected chi connectivity index (χ4v) is 1.43. The molecule has 1 atom stereocenters. The first-order valence-electron chi connectivity index (χ1n) is 4.85. The molecular formula is C12H13N3. The molecular weight excluding hydrogens is 186 g/mol. The van der Waals surface area contributed by atoms with Gasteiger partial charge in [0.25, 0.3) is 0 Å². The van der Waals surface area contributed by atoms with E-state index in [1.165, 1.54) is 11.9 Å². The van der Waals surface area contributed by atoms with Crippen molar-refractivity contribution in [2.75, 3.05) is 0 Å². The number of nitrogens with two attached hydrogens (primary N) is 1. The minimum Gasteiger partial charge on any atom is -0.319 e. The van der Waals surface area contributed by atoms with Crippen LogP contribution in [0.15, 0.2) is 42.9 Å². The van der Waals surface area contributed by atoms with Crippen molar-refractivity contribution in [3.63, 3.8) is 0 Å². The van der Waals surface area contributed by atoms with Crippen LogP contribution in [0.3, 0.4) is 0 Å². The highest BCUT2D eigenvalue weighted by Crippen LogP contribution is 2.17. The Kier molecular flexibility index (Phi) is 2.74. The van der Waals surface area contributed by atoms with Crippen LogP contribution in [0.25, 0.3) is 0 Å². The largest absolute Gasteiger partial charge is 0.319 e. The Morgan fingerprint density at radius 3 is 2.47 bits per heavy atom. The van der Waals surface area contributed by atoms with Gasteiger partial charge in [-0.05, 0) is 18.6 Å². The van der Waals surface area contributed by atoms with Gasteiger partial charge in [0.05, 0.1) is 11.7 Å². The lowest BCUT2D eigenvalue weighted by Gasteiger charge is -2.10. The first kappa shape index (κ1) is 9.80. The maximum atomic E-state index is 6.08. The second kappa shape index (κ2) is 4.19. The minimum atomic E-state index is -0.173. The average molecular weight is 199 g/mol. The van der Waals surface area contributed by atoms with E-state index in [1.807, 2.05) is 18.2 Å². The molecule has 1 aromatic heterocycles. The predicted octanol–water partition coefficient (Wildman–Crippen LogP) is 1.83. The Morgan fingerprint density at radius 2 is 1.87 bits per heavy atom. The van der Waals surface area contributed by atoms with Crippen LogP contribution >= 0.6 is 0 Å². The van der Waals surface area contributed by atoms with Gasteiger partial charge in [-0.3, -0.25) is 0 Å². The molecule has 0 fully saturated rings. The smallest absolute Gasteiger partial charge is 0.115 e. The third kappa shape index (κ3) is 2.19. The molecule has 1 heterocycles. The van der Waals surface area contributed by atoms with Gasteiger partial charge < -0.3 is 5.73 Å². The van der Waals surface area contributed by atoms with Crippen LogP contribution in [0.1, 0.15) is 22.9 Å². The summed E-state index contributed by atoms with van der Waals surface area (Å²) >= 11 is 0. The number of aromatic nitrogens is 2. The van der Waals surface area contributed by atoms with Crippen molar-refractivity contribution in [2.45, 2.75) is 13.0 Å². The Hall–Kier alpha value is -1.74. The summed E-state index contributed by atoms with van der Waals surface area (Å²) in [5, 5.41) is 0. The van der Waals surface area contributed by atoms with Gasteiger partial charge in [0.1, 0.15) is 6.33 Å². The highest BCUT2D eigenvalue weighted by atomic mass is 14.8. The first-order chi connectivity index (χ1) is 7.27. The van der Waals surface area contributed by atoms with Crippen molar-refractivity contribution < 1.29 is 0 Å². The van der Waals surface area contributed by atoms with Gasteiger partial charge in [0.15, 0.2) is 0 Å². The highest BCUT2D eigenvalue weighted by Gasteiger charge is 2.08. The summed E-state index contributed by atoms with van der Waals surface area (Å²) in [4.78, 5) is 8.01. The van der Waals surface area contributed by atoms with Crippen LogP contribution in [0, 0.1) is 6.92 Å². The minimum absolute atomic E-state index is 0.173. The van der Waals surface area contributed by atoms with Crippen LogP contribution in [0.5, 0.6) is 0 Å². The quantitative estimate of drug-likeness (QED) is 0.802. The molecule has 0 bridgehead atoms. The van der Waals surface area contributed by atoms with E-state index >= 15 is 0 Å². The van der Waals surface area contributed by atoms with Gasteiger partial charge in [-0.15, -0.1) is 0 Å². The zero-order valence-electron chi connectivity index (χ0n) is 8.59. The fourth-order valence-electron chi connectivity index (χ4n) is 1.43. The number of rotatable bonds is 2. The van der Waals surface area contributed by atoms with Crippen LogP contribution in [-0.2, 0) is 0 Å². The van der Waals surface area contributed by atoms with Crippen molar-refractivity contribution in [2.24, 2.45) is 5.73 Å². The van der Waals surface area contributed by atoms with Crippen molar-refractivity contribution in [3.8, 4) is 0 Å². The SMILES string of the molecule is Cc1ccc(C(N)c2ccncn2)cc1. The number of nitrogens with zero attached hydrogens (tertiary/aromatic N) is 2. The zero-order chi connectivity index (χ0) is 10.7. The summed E-state index contributed by atoms with van der Waals surface area (Å²) in [6.07, 6.45) is 3.22. The predicted molar refractivity (Wildman–Crippen MR) is 59.2 cm³/mol. The summed E-state index contributed by atoms with van der Waals surface area (Å²) in [5.74, 6) is 0. The number of hydrogen-bond donors (Lipinski definition) is 1. The topological polar surface area (TPSA) is 51.8 Å². The van der Waals surface area contributed by atoms with Gasteiger partial charge in [0.2, 0.25) is 0 Å². The molecule has 1 unspecified atom stereocenters. The molecule has 0 saturated carbocycles. The Morgan fingerprint density at radius 1 is 1.13 bits per heavy atom. The summed E-state index contributed by atoms with van der Waals surface area (Å²) in [7, 11) is 0. The molecule has 0 aliphatic rings. The molecule has 3 heteroatoms. The third-order valence-electron chi connectivity index (χ3n) is 2.36. The molecule has 2 aromatic rings. The number of benzene rings is 1. The normalized spacial score (nSPS) is 12.4. The van der Waals surface area contributed by atoms with Crippen LogP contribution in [0.4, 0.5) is 0 Å². The molecule has 0 amide bonds. The molecule has 0 saturated heterocycles. The van der Waals surface area contributed by atoms with Crippen molar-refractivity contribution >= 4 is 0 Å². The molecule has 0 radical (unpaired) electrons. The van der Waals surface area contributed by atoms with Gasteiger partial charge in [-0.25, -0.2) is 9.97 Å². The van der Waals surface area contributed by atoms with Gasteiger partial charge in [-0.1, -0.05) is 29.8 Å². The number of hydrogen-bond acceptors (Lipinski definition) is 3. The molecule has 0 aliphatic carbocycles. The van der Waals surface area contributed by atoms with Gasteiger partial charge >= 0.3 is 0 Å². The lowest BCUT2D eigenvalue weighted by atomic mass is 10.0. The molecule has 1 aromatic carbocycles. The Labute approximate surface area is 89.0 Å². The standard InChI is InChI=1S/C12H13N3/c1-9-2-4-10(5-3-9)12(13)11-6-7-14-8-15-11/h2-8,12H,13H2,1H3. The van der Waals surface area contributed by atoms with E-state index in [0.29, 0.717) is 0 Å². The van der Waals surface area contributed by atoms with Crippen molar-refractivity contribution in [1.82, 2.24) is 9.97 Å². The molecule has 2 N–H and O–H groups in total. The number of aryl methyl sites for hydroxylation is 1. The molecule has 0 spiro atoms.